The highest BCUT2D eigenvalue weighted by atomic mass is 16.6. The van der Waals surface area contributed by atoms with Crippen LogP contribution >= 0.6 is 0 Å². The summed E-state index contributed by atoms with van der Waals surface area (Å²) in [5.41, 5.74) is -0.597. The summed E-state index contributed by atoms with van der Waals surface area (Å²) < 4.78 is 5.36. The van der Waals surface area contributed by atoms with Gasteiger partial charge in [0.15, 0.2) is 0 Å². The van der Waals surface area contributed by atoms with Crippen LogP contribution in [0.15, 0.2) is 0 Å². The maximum Gasteiger partial charge on any atom is 0.411 e. The van der Waals surface area contributed by atoms with Crippen molar-refractivity contribution in [2.24, 2.45) is 11.8 Å². The molecule has 22 heavy (non-hydrogen) atoms. The van der Waals surface area contributed by atoms with Crippen molar-refractivity contribution in [3.8, 4) is 0 Å². The highest BCUT2D eigenvalue weighted by Gasteiger charge is 2.40. The molecule has 0 spiro atoms. The van der Waals surface area contributed by atoms with Crippen LogP contribution in [-0.2, 0) is 9.53 Å². The minimum atomic E-state index is -0.911. The van der Waals surface area contributed by atoms with Gasteiger partial charge in [-0.1, -0.05) is 32.1 Å². The van der Waals surface area contributed by atoms with Gasteiger partial charge in [0.2, 0.25) is 0 Å². The van der Waals surface area contributed by atoms with Crippen molar-refractivity contribution in [1.29, 1.82) is 0 Å². The van der Waals surface area contributed by atoms with E-state index in [0.717, 1.165) is 6.42 Å². The fraction of sp³-hybridized carbons (Fsp3) is 0.882. The first-order valence-electron chi connectivity index (χ1n) is 8.50. The lowest BCUT2D eigenvalue weighted by molar-refractivity contribution is -0.145. The molecule has 1 heterocycles. The molecule has 0 unspecified atom stereocenters. The Balaban J connectivity index is 2.01. The summed E-state index contributed by atoms with van der Waals surface area (Å²) in [5.74, 6) is 0.155. The predicted octanol–water partition coefficient (Wildman–Crippen LogP) is 3.67. The van der Waals surface area contributed by atoms with Crippen molar-refractivity contribution in [3.63, 3.8) is 0 Å². The fourth-order valence-electron chi connectivity index (χ4n) is 3.80. The van der Waals surface area contributed by atoms with Crippen LogP contribution in [0.2, 0.25) is 0 Å². The van der Waals surface area contributed by atoms with Crippen LogP contribution in [0.5, 0.6) is 0 Å². The zero-order valence-electron chi connectivity index (χ0n) is 14.0. The first-order chi connectivity index (χ1) is 10.3. The number of carbonyl (C=O) groups is 2. The van der Waals surface area contributed by atoms with Crippen molar-refractivity contribution in [3.05, 3.63) is 0 Å². The number of rotatable bonds is 2. The standard InChI is InChI=1S/C17H29NO4/c1-17(2,3)22-16(21)18-10-9-13(11-14(18)15(19)20)12-7-5-4-6-8-12/h12-14H,4-11H2,1-3H3,(H,19,20)/t13-,14-/m0/s1. The number of carbonyl (C=O) groups excluding carboxylic acids is 1. The number of carboxylic acid groups (broad SMARTS) is 1. The Labute approximate surface area is 133 Å². The van der Waals surface area contributed by atoms with Gasteiger partial charge in [-0.2, -0.15) is 0 Å². The molecule has 126 valence electrons. The van der Waals surface area contributed by atoms with Crippen molar-refractivity contribution >= 4 is 12.1 Å². The number of hydrogen-bond acceptors (Lipinski definition) is 3. The van der Waals surface area contributed by atoms with Gasteiger partial charge in [-0.3, -0.25) is 4.90 Å². The predicted molar refractivity (Wildman–Crippen MR) is 83.7 cm³/mol. The monoisotopic (exact) mass is 311 g/mol. The Morgan fingerprint density at radius 1 is 1.05 bits per heavy atom. The third-order valence-corrected chi connectivity index (χ3v) is 4.87. The third-order valence-electron chi connectivity index (χ3n) is 4.87. The number of carboxylic acids is 1. The molecule has 1 saturated heterocycles. The van der Waals surface area contributed by atoms with Crippen molar-refractivity contribution in [2.75, 3.05) is 6.54 Å². The normalized spacial score (nSPS) is 27.5. The Kier molecular flexibility index (Phi) is 5.35. The molecule has 1 saturated carbocycles. The number of piperidine rings is 1. The average Bonchev–Trinajstić information content (AvgIpc) is 2.45. The molecule has 0 aromatic heterocycles. The smallest absolute Gasteiger partial charge is 0.411 e. The van der Waals surface area contributed by atoms with E-state index >= 15 is 0 Å². The van der Waals surface area contributed by atoms with Crippen LogP contribution in [0.1, 0.15) is 65.7 Å². The quantitative estimate of drug-likeness (QED) is 0.845. The molecule has 0 radical (unpaired) electrons. The number of amides is 1. The molecular formula is C17H29NO4. The minimum Gasteiger partial charge on any atom is -0.480 e. The molecule has 1 amide bonds. The first-order valence-corrected chi connectivity index (χ1v) is 8.50. The molecule has 0 bridgehead atoms. The molecule has 0 aromatic rings. The van der Waals surface area contributed by atoms with Gasteiger partial charge in [-0.15, -0.1) is 0 Å². The Morgan fingerprint density at radius 3 is 2.23 bits per heavy atom. The average molecular weight is 311 g/mol. The van der Waals surface area contributed by atoms with E-state index in [0.29, 0.717) is 24.8 Å². The van der Waals surface area contributed by atoms with Crippen LogP contribution in [0.4, 0.5) is 4.79 Å². The topological polar surface area (TPSA) is 66.8 Å². The van der Waals surface area contributed by atoms with E-state index in [4.69, 9.17) is 4.74 Å². The summed E-state index contributed by atoms with van der Waals surface area (Å²) in [6.07, 6.45) is 7.21. The van der Waals surface area contributed by atoms with Gasteiger partial charge in [-0.05, 0) is 45.4 Å². The molecule has 2 fully saturated rings. The van der Waals surface area contributed by atoms with Crippen LogP contribution in [0, 0.1) is 11.8 Å². The second kappa shape index (κ2) is 6.88. The zero-order chi connectivity index (χ0) is 16.3. The van der Waals surface area contributed by atoms with E-state index in [-0.39, 0.29) is 0 Å². The molecule has 1 N–H and O–H groups in total. The van der Waals surface area contributed by atoms with Gasteiger partial charge in [-0.25, -0.2) is 9.59 Å². The van der Waals surface area contributed by atoms with E-state index in [1.165, 1.54) is 37.0 Å². The Hall–Kier alpha value is -1.26. The number of aliphatic carboxylic acids is 1. The largest absolute Gasteiger partial charge is 0.480 e. The first kappa shape index (κ1) is 17.1. The summed E-state index contributed by atoms with van der Waals surface area (Å²) in [6.45, 7) is 5.90. The Morgan fingerprint density at radius 2 is 1.68 bits per heavy atom. The lowest BCUT2D eigenvalue weighted by Gasteiger charge is -2.41. The molecule has 2 atom stereocenters. The van der Waals surface area contributed by atoms with E-state index in [1.54, 1.807) is 20.8 Å². The van der Waals surface area contributed by atoms with E-state index in [9.17, 15) is 14.7 Å². The second-order valence-corrected chi connectivity index (χ2v) is 7.71. The minimum absolute atomic E-state index is 0.431. The van der Waals surface area contributed by atoms with Gasteiger partial charge >= 0.3 is 12.1 Å². The summed E-state index contributed by atoms with van der Waals surface area (Å²) in [7, 11) is 0. The van der Waals surface area contributed by atoms with E-state index < -0.39 is 23.7 Å². The molecular weight excluding hydrogens is 282 g/mol. The zero-order valence-corrected chi connectivity index (χ0v) is 14.0. The number of ether oxygens (including phenoxy) is 1. The van der Waals surface area contributed by atoms with Crippen molar-refractivity contribution in [1.82, 2.24) is 4.90 Å². The molecule has 5 heteroatoms. The molecule has 2 rings (SSSR count). The number of likely N-dealkylation sites (tertiary alicyclic amines) is 1. The lowest BCUT2D eigenvalue weighted by atomic mass is 9.74. The SMILES string of the molecule is CC(C)(C)OC(=O)N1CC[C@H](C2CCCCC2)C[C@H]1C(=O)O. The van der Waals surface area contributed by atoms with Gasteiger partial charge in [0.25, 0.3) is 0 Å². The van der Waals surface area contributed by atoms with Gasteiger partial charge < -0.3 is 9.84 Å². The highest BCUT2D eigenvalue weighted by molar-refractivity contribution is 5.80. The van der Waals surface area contributed by atoms with Gasteiger partial charge in [0.1, 0.15) is 11.6 Å². The van der Waals surface area contributed by atoms with E-state index in [1.807, 2.05) is 0 Å². The summed E-state index contributed by atoms with van der Waals surface area (Å²) >= 11 is 0. The van der Waals surface area contributed by atoms with Crippen LogP contribution in [0.3, 0.4) is 0 Å². The molecule has 5 nitrogen and oxygen atoms in total. The van der Waals surface area contributed by atoms with Crippen molar-refractivity contribution in [2.45, 2.75) is 77.4 Å². The summed E-state index contributed by atoms with van der Waals surface area (Å²) in [5, 5.41) is 9.52. The number of nitrogens with zero attached hydrogens (tertiary/aromatic N) is 1. The molecule has 1 aliphatic heterocycles. The van der Waals surface area contributed by atoms with Crippen molar-refractivity contribution < 1.29 is 19.4 Å². The van der Waals surface area contributed by atoms with Gasteiger partial charge in [0.05, 0.1) is 0 Å². The Bertz CT molecular complexity index is 409. The van der Waals surface area contributed by atoms with Crippen LogP contribution in [0.25, 0.3) is 0 Å². The summed E-state index contributed by atoms with van der Waals surface area (Å²) in [4.78, 5) is 25.3. The maximum absolute atomic E-state index is 12.3. The lowest BCUT2D eigenvalue weighted by Crippen LogP contribution is -2.52. The third kappa shape index (κ3) is 4.37. The second-order valence-electron chi connectivity index (χ2n) is 7.71. The van der Waals surface area contributed by atoms with Gasteiger partial charge in [0, 0.05) is 6.54 Å². The van der Waals surface area contributed by atoms with Crippen LogP contribution < -0.4 is 0 Å². The maximum atomic E-state index is 12.3. The van der Waals surface area contributed by atoms with Crippen LogP contribution in [-0.4, -0.2) is 40.3 Å². The van der Waals surface area contributed by atoms with E-state index in [2.05, 4.69) is 0 Å². The molecule has 0 aromatic carbocycles. The number of hydrogen-bond donors (Lipinski definition) is 1. The fourth-order valence-corrected chi connectivity index (χ4v) is 3.80. The molecule has 2 aliphatic rings. The highest BCUT2D eigenvalue weighted by Crippen LogP contribution is 2.37. The summed E-state index contributed by atoms with van der Waals surface area (Å²) in [6, 6.07) is -0.740. The molecule has 1 aliphatic carbocycles.